The van der Waals surface area contributed by atoms with Gasteiger partial charge in [-0.15, -0.1) is 0 Å². The molecule has 0 aliphatic rings. The van der Waals surface area contributed by atoms with Crippen molar-refractivity contribution >= 4 is 11.7 Å². The summed E-state index contributed by atoms with van der Waals surface area (Å²) >= 11 is 0. The van der Waals surface area contributed by atoms with Crippen LogP contribution in [0.1, 0.15) is 36.9 Å². The van der Waals surface area contributed by atoms with Crippen molar-refractivity contribution in [3.8, 4) is 0 Å². The van der Waals surface area contributed by atoms with E-state index in [0.29, 0.717) is 5.92 Å². The van der Waals surface area contributed by atoms with E-state index in [1.165, 1.54) is 5.56 Å². The molecule has 3 heteroatoms. The minimum absolute atomic E-state index is 0.439. The molecule has 2 aromatic rings. The molecule has 0 amide bonds. The van der Waals surface area contributed by atoms with Crippen molar-refractivity contribution in [3.05, 3.63) is 65.7 Å². The first-order chi connectivity index (χ1) is 10.0. The van der Waals surface area contributed by atoms with Crippen LogP contribution in [0.25, 0.3) is 0 Å². The van der Waals surface area contributed by atoms with Crippen LogP contribution in [0, 0.1) is 0 Å². The van der Waals surface area contributed by atoms with Crippen LogP contribution in [0.4, 0.5) is 5.69 Å². The molecule has 0 fully saturated rings. The average molecular weight is 283 g/mol. The van der Waals surface area contributed by atoms with Gasteiger partial charge in [-0.3, -0.25) is 0 Å². The molecule has 0 saturated heterocycles. The summed E-state index contributed by atoms with van der Waals surface area (Å²) in [6, 6.07) is 16.7. The Balaban J connectivity index is 2.33. The molecule has 0 spiro atoms. The number of hydrogen-bond donors (Lipinski definition) is 1. The van der Waals surface area contributed by atoms with Crippen molar-refractivity contribution in [2.24, 2.45) is 0 Å². The predicted molar refractivity (Wildman–Crippen MR) is 85.8 cm³/mol. The molecule has 21 heavy (non-hydrogen) atoms. The van der Waals surface area contributed by atoms with E-state index in [4.69, 9.17) is 0 Å². The van der Waals surface area contributed by atoms with Gasteiger partial charge in [0.15, 0.2) is 6.04 Å². The number of anilines is 1. The largest absolute Gasteiger partial charge is 0.479 e. The Morgan fingerprint density at radius 1 is 0.952 bits per heavy atom. The number of rotatable bonds is 5. The van der Waals surface area contributed by atoms with Gasteiger partial charge in [0.1, 0.15) is 0 Å². The molecule has 2 aromatic carbocycles. The normalized spacial score (nSPS) is 12.2. The second-order valence-corrected chi connectivity index (χ2v) is 5.51. The predicted octanol–water partition coefficient (Wildman–Crippen LogP) is 4.07. The van der Waals surface area contributed by atoms with Crippen LogP contribution in [0.5, 0.6) is 0 Å². The zero-order valence-electron chi connectivity index (χ0n) is 12.7. The molecule has 110 valence electrons. The first-order valence-corrected chi connectivity index (χ1v) is 7.11. The Morgan fingerprint density at radius 3 is 1.95 bits per heavy atom. The molecule has 0 aliphatic carbocycles. The van der Waals surface area contributed by atoms with Crippen molar-refractivity contribution in [3.63, 3.8) is 0 Å². The van der Waals surface area contributed by atoms with E-state index in [9.17, 15) is 9.90 Å². The van der Waals surface area contributed by atoms with Gasteiger partial charge in [0, 0.05) is 12.7 Å². The van der Waals surface area contributed by atoms with Crippen LogP contribution < -0.4 is 4.90 Å². The van der Waals surface area contributed by atoms with E-state index in [1.54, 1.807) is 4.90 Å². The molecule has 0 saturated carbocycles. The molecule has 3 nitrogen and oxygen atoms in total. The monoisotopic (exact) mass is 283 g/mol. The highest BCUT2D eigenvalue weighted by molar-refractivity contribution is 5.80. The number of nitrogens with zero attached hydrogens (tertiary/aromatic N) is 1. The standard InChI is InChI=1S/C18H21NO2/c1-13(2)14-9-11-15(12-10-14)17(18(20)21)19(3)16-7-5-4-6-8-16/h4-13,17H,1-3H3,(H,20,21). The number of carboxylic acid groups (broad SMARTS) is 1. The third kappa shape index (κ3) is 3.43. The lowest BCUT2D eigenvalue weighted by molar-refractivity contribution is -0.138. The van der Waals surface area contributed by atoms with Crippen molar-refractivity contribution in [1.29, 1.82) is 0 Å². The number of benzene rings is 2. The van der Waals surface area contributed by atoms with Gasteiger partial charge in [0.2, 0.25) is 0 Å². The number of carbonyl (C=O) groups is 1. The molecular weight excluding hydrogens is 262 g/mol. The highest BCUT2D eigenvalue weighted by Crippen LogP contribution is 2.27. The molecule has 0 heterocycles. The Labute approximate surface area is 125 Å². The maximum atomic E-state index is 11.7. The average Bonchev–Trinajstić information content (AvgIpc) is 2.48. The number of hydrogen-bond acceptors (Lipinski definition) is 2. The lowest BCUT2D eigenvalue weighted by atomic mass is 9.98. The van der Waals surface area contributed by atoms with E-state index >= 15 is 0 Å². The van der Waals surface area contributed by atoms with E-state index < -0.39 is 12.0 Å². The molecular formula is C18H21NO2. The number of likely N-dealkylation sites (N-methyl/N-ethyl adjacent to an activating group) is 1. The third-order valence-electron chi connectivity index (χ3n) is 3.70. The highest BCUT2D eigenvalue weighted by Gasteiger charge is 2.25. The van der Waals surface area contributed by atoms with Gasteiger partial charge < -0.3 is 10.0 Å². The summed E-state index contributed by atoms with van der Waals surface area (Å²) < 4.78 is 0. The van der Waals surface area contributed by atoms with E-state index in [-0.39, 0.29) is 0 Å². The molecule has 0 aliphatic heterocycles. The minimum atomic E-state index is -0.848. The van der Waals surface area contributed by atoms with E-state index in [1.807, 2.05) is 61.6 Å². The Hall–Kier alpha value is -2.29. The van der Waals surface area contributed by atoms with E-state index in [2.05, 4.69) is 13.8 Å². The summed E-state index contributed by atoms with van der Waals surface area (Å²) in [5.74, 6) is -0.409. The summed E-state index contributed by atoms with van der Waals surface area (Å²) in [5, 5.41) is 9.60. The summed E-state index contributed by atoms with van der Waals surface area (Å²) in [4.78, 5) is 13.5. The first-order valence-electron chi connectivity index (χ1n) is 7.11. The summed E-state index contributed by atoms with van der Waals surface area (Å²) in [7, 11) is 1.81. The lowest BCUT2D eigenvalue weighted by Crippen LogP contribution is -2.30. The number of para-hydroxylation sites is 1. The van der Waals surface area contributed by atoms with Crippen LogP contribution in [0.15, 0.2) is 54.6 Å². The molecule has 1 N–H and O–H groups in total. The first kappa shape index (κ1) is 15.1. The Bertz CT molecular complexity index is 590. The zero-order chi connectivity index (χ0) is 15.4. The molecule has 1 unspecified atom stereocenters. The van der Waals surface area contributed by atoms with Gasteiger partial charge in [-0.1, -0.05) is 56.3 Å². The summed E-state index contributed by atoms with van der Waals surface area (Å²) in [6.45, 7) is 4.25. The Morgan fingerprint density at radius 2 is 1.48 bits per heavy atom. The second kappa shape index (κ2) is 6.44. The van der Waals surface area contributed by atoms with Crippen molar-refractivity contribution in [2.45, 2.75) is 25.8 Å². The van der Waals surface area contributed by atoms with Gasteiger partial charge in [-0.25, -0.2) is 4.79 Å². The molecule has 0 bridgehead atoms. The van der Waals surface area contributed by atoms with Gasteiger partial charge in [0.25, 0.3) is 0 Å². The van der Waals surface area contributed by atoms with Gasteiger partial charge >= 0.3 is 5.97 Å². The fourth-order valence-electron chi connectivity index (χ4n) is 2.41. The van der Waals surface area contributed by atoms with E-state index in [0.717, 1.165) is 11.3 Å². The maximum absolute atomic E-state index is 11.7. The van der Waals surface area contributed by atoms with Crippen LogP contribution in [0.3, 0.4) is 0 Å². The third-order valence-corrected chi connectivity index (χ3v) is 3.70. The maximum Gasteiger partial charge on any atom is 0.331 e. The molecule has 0 aromatic heterocycles. The van der Waals surface area contributed by atoms with Crippen LogP contribution >= 0.6 is 0 Å². The van der Waals surface area contributed by atoms with Gasteiger partial charge in [-0.05, 0) is 29.2 Å². The fraction of sp³-hybridized carbons (Fsp3) is 0.278. The van der Waals surface area contributed by atoms with Crippen LogP contribution in [-0.4, -0.2) is 18.1 Å². The van der Waals surface area contributed by atoms with Gasteiger partial charge in [-0.2, -0.15) is 0 Å². The van der Waals surface area contributed by atoms with Crippen molar-refractivity contribution in [2.75, 3.05) is 11.9 Å². The quantitative estimate of drug-likeness (QED) is 0.899. The number of carboxylic acids is 1. The smallest absolute Gasteiger partial charge is 0.331 e. The summed E-state index contributed by atoms with van der Waals surface area (Å²) in [5.41, 5.74) is 2.89. The molecule has 0 radical (unpaired) electrons. The molecule has 2 rings (SSSR count). The van der Waals surface area contributed by atoms with Gasteiger partial charge in [0.05, 0.1) is 0 Å². The highest BCUT2D eigenvalue weighted by atomic mass is 16.4. The second-order valence-electron chi connectivity index (χ2n) is 5.51. The topological polar surface area (TPSA) is 40.5 Å². The van der Waals surface area contributed by atoms with Crippen molar-refractivity contribution in [1.82, 2.24) is 0 Å². The van der Waals surface area contributed by atoms with Crippen LogP contribution in [0.2, 0.25) is 0 Å². The lowest BCUT2D eigenvalue weighted by Gasteiger charge is -2.27. The fourth-order valence-corrected chi connectivity index (χ4v) is 2.41. The van der Waals surface area contributed by atoms with Crippen molar-refractivity contribution < 1.29 is 9.90 Å². The zero-order valence-corrected chi connectivity index (χ0v) is 12.7. The SMILES string of the molecule is CC(C)c1ccc(C(C(=O)O)N(C)c2ccccc2)cc1. The molecule has 1 atom stereocenters. The van der Waals surface area contributed by atoms with Crippen LogP contribution in [-0.2, 0) is 4.79 Å². The minimum Gasteiger partial charge on any atom is -0.479 e. The Kier molecular flexibility index (Phi) is 4.63. The summed E-state index contributed by atoms with van der Waals surface area (Å²) in [6.07, 6.45) is 0. The number of aliphatic carboxylic acids is 1.